The van der Waals surface area contributed by atoms with E-state index in [-0.39, 0.29) is 18.2 Å². The Labute approximate surface area is 124 Å². The molecule has 1 aliphatic rings. The van der Waals surface area contributed by atoms with E-state index in [0.29, 0.717) is 25.1 Å². The van der Waals surface area contributed by atoms with E-state index in [1.807, 2.05) is 31.7 Å². The number of morpholine rings is 1. The van der Waals surface area contributed by atoms with Crippen LogP contribution >= 0.6 is 0 Å². The van der Waals surface area contributed by atoms with Gasteiger partial charge >= 0.3 is 6.01 Å². The van der Waals surface area contributed by atoms with Gasteiger partial charge in [-0.1, -0.05) is 0 Å². The van der Waals surface area contributed by atoms with Gasteiger partial charge in [-0.05, 0) is 20.8 Å². The predicted octanol–water partition coefficient (Wildman–Crippen LogP) is 0.821. The molecule has 114 valence electrons. The van der Waals surface area contributed by atoms with Gasteiger partial charge in [0.25, 0.3) is 0 Å². The van der Waals surface area contributed by atoms with Crippen LogP contribution < -0.4 is 15.0 Å². The summed E-state index contributed by atoms with van der Waals surface area (Å²) >= 11 is 0. The molecule has 1 N–H and O–H groups in total. The summed E-state index contributed by atoms with van der Waals surface area (Å²) in [6.07, 6.45) is 0. The fraction of sp³-hybridized carbons (Fsp3) is 0.692. The fourth-order valence-corrected chi connectivity index (χ4v) is 1.80. The second kappa shape index (κ2) is 6.54. The number of aromatic nitrogens is 3. The third-order valence-electron chi connectivity index (χ3n) is 2.65. The van der Waals surface area contributed by atoms with Crippen LogP contribution in [0, 0.1) is 11.3 Å². The van der Waals surface area contributed by atoms with Crippen molar-refractivity contribution in [2.45, 2.75) is 26.3 Å². The maximum absolute atomic E-state index is 8.61. The molecule has 0 bridgehead atoms. The summed E-state index contributed by atoms with van der Waals surface area (Å²) in [4.78, 5) is 14.9. The normalized spacial score (nSPS) is 15.4. The van der Waals surface area contributed by atoms with Crippen LogP contribution in [-0.4, -0.2) is 53.4 Å². The first-order chi connectivity index (χ1) is 9.98. The second-order valence-corrected chi connectivity index (χ2v) is 5.66. The van der Waals surface area contributed by atoms with Gasteiger partial charge in [0.05, 0.1) is 13.2 Å². The molecule has 2 heterocycles. The van der Waals surface area contributed by atoms with Crippen molar-refractivity contribution in [2.24, 2.45) is 0 Å². The van der Waals surface area contributed by atoms with Crippen LogP contribution in [0.5, 0.6) is 6.01 Å². The number of hydrogen-bond donors (Lipinski definition) is 1. The Kier molecular flexibility index (Phi) is 4.75. The fourth-order valence-electron chi connectivity index (χ4n) is 1.80. The minimum absolute atomic E-state index is 0.0957. The van der Waals surface area contributed by atoms with Gasteiger partial charge in [-0.2, -0.15) is 20.2 Å². The molecular weight excluding hydrogens is 272 g/mol. The molecule has 8 nitrogen and oxygen atoms in total. The van der Waals surface area contributed by atoms with Crippen molar-refractivity contribution in [1.82, 2.24) is 15.0 Å². The molecule has 0 aromatic carbocycles. The van der Waals surface area contributed by atoms with Crippen molar-refractivity contribution in [2.75, 3.05) is 43.1 Å². The highest BCUT2D eigenvalue weighted by Crippen LogP contribution is 2.18. The lowest BCUT2D eigenvalue weighted by molar-refractivity contribution is 0.122. The van der Waals surface area contributed by atoms with E-state index in [2.05, 4.69) is 20.3 Å². The third-order valence-corrected chi connectivity index (χ3v) is 2.65. The van der Waals surface area contributed by atoms with Gasteiger partial charge in [0.1, 0.15) is 6.07 Å². The van der Waals surface area contributed by atoms with E-state index in [0.717, 1.165) is 13.1 Å². The van der Waals surface area contributed by atoms with E-state index < -0.39 is 0 Å². The summed E-state index contributed by atoms with van der Waals surface area (Å²) in [5, 5.41) is 11.8. The average Bonchev–Trinajstić information content (AvgIpc) is 2.44. The van der Waals surface area contributed by atoms with Crippen LogP contribution in [0.25, 0.3) is 0 Å². The molecule has 0 saturated carbocycles. The summed E-state index contributed by atoms with van der Waals surface area (Å²) < 4.78 is 10.5. The molecule has 0 unspecified atom stereocenters. The largest absolute Gasteiger partial charge is 0.448 e. The third kappa shape index (κ3) is 4.72. The molecule has 21 heavy (non-hydrogen) atoms. The molecule has 1 aliphatic heterocycles. The van der Waals surface area contributed by atoms with Gasteiger partial charge in [0, 0.05) is 18.6 Å². The zero-order valence-corrected chi connectivity index (χ0v) is 12.6. The highest BCUT2D eigenvalue weighted by molar-refractivity contribution is 5.40. The molecule has 0 aliphatic carbocycles. The molecule has 1 fully saturated rings. The summed E-state index contributed by atoms with van der Waals surface area (Å²) in [6.45, 7) is 8.67. The molecule has 2 rings (SSSR count). The molecule has 0 atom stereocenters. The topological polar surface area (TPSA) is 96.2 Å². The number of nitriles is 1. The predicted molar refractivity (Wildman–Crippen MR) is 77.3 cm³/mol. The molecular formula is C13H20N6O2. The molecule has 1 saturated heterocycles. The van der Waals surface area contributed by atoms with E-state index in [1.54, 1.807) is 0 Å². The number of anilines is 2. The summed E-state index contributed by atoms with van der Waals surface area (Å²) in [5.74, 6) is 0.972. The lowest BCUT2D eigenvalue weighted by Gasteiger charge is -2.27. The van der Waals surface area contributed by atoms with Crippen LogP contribution in [0.4, 0.5) is 11.9 Å². The zero-order valence-electron chi connectivity index (χ0n) is 12.6. The molecule has 1 aromatic rings. The Morgan fingerprint density at radius 2 is 2.00 bits per heavy atom. The molecule has 0 spiro atoms. The quantitative estimate of drug-likeness (QED) is 0.871. The monoisotopic (exact) mass is 292 g/mol. The smallest absolute Gasteiger partial charge is 0.324 e. The standard InChI is InChI=1S/C13H20N6O2/c1-13(2,3)18-10-15-11(19-5-8-20-9-6-19)17-12(16-10)21-7-4-14/h5-9H2,1-3H3,(H,15,16,17,18). The molecule has 0 amide bonds. The Morgan fingerprint density at radius 1 is 1.29 bits per heavy atom. The first kappa shape index (κ1) is 15.3. The number of nitrogens with zero attached hydrogens (tertiary/aromatic N) is 5. The van der Waals surface area contributed by atoms with Crippen molar-refractivity contribution in [3.05, 3.63) is 0 Å². The zero-order chi connectivity index (χ0) is 15.3. The summed E-state index contributed by atoms with van der Waals surface area (Å²) in [6, 6.07) is 2.06. The van der Waals surface area contributed by atoms with E-state index in [9.17, 15) is 0 Å². The van der Waals surface area contributed by atoms with E-state index in [4.69, 9.17) is 14.7 Å². The molecule has 1 aromatic heterocycles. The Balaban J connectivity index is 2.25. The van der Waals surface area contributed by atoms with Crippen molar-refractivity contribution in [3.63, 3.8) is 0 Å². The van der Waals surface area contributed by atoms with E-state index in [1.165, 1.54) is 0 Å². The minimum Gasteiger partial charge on any atom is -0.448 e. The van der Waals surface area contributed by atoms with Crippen LogP contribution in [-0.2, 0) is 4.74 Å². The van der Waals surface area contributed by atoms with Gasteiger partial charge in [-0.3, -0.25) is 0 Å². The van der Waals surface area contributed by atoms with Gasteiger partial charge in [-0.25, -0.2) is 0 Å². The summed E-state index contributed by atoms with van der Waals surface area (Å²) in [5.41, 5.74) is -0.184. The second-order valence-electron chi connectivity index (χ2n) is 5.66. The van der Waals surface area contributed by atoms with Gasteiger partial charge in [0.15, 0.2) is 6.61 Å². The van der Waals surface area contributed by atoms with Crippen LogP contribution in [0.2, 0.25) is 0 Å². The van der Waals surface area contributed by atoms with Crippen LogP contribution in [0.15, 0.2) is 0 Å². The number of ether oxygens (including phenoxy) is 2. The van der Waals surface area contributed by atoms with Gasteiger partial charge < -0.3 is 19.7 Å². The SMILES string of the molecule is CC(C)(C)Nc1nc(OCC#N)nc(N2CCOCC2)n1. The van der Waals surface area contributed by atoms with Crippen LogP contribution in [0.3, 0.4) is 0 Å². The average molecular weight is 292 g/mol. The number of nitrogens with one attached hydrogen (secondary N) is 1. The van der Waals surface area contributed by atoms with E-state index >= 15 is 0 Å². The van der Waals surface area contributed by atoms with Crippen molar-refractivity contribution < 1.29 is 9.47 Å². The minimum atomic E-state index is -0.184. The first-order valence-electron chi connectivity index (χ1n) is 6.85. The maximum atomic E-state index is 8.61. The highest BCUT2D eigenvalue weighted by atomic mass is 16.5. The van der Waals surface area contributed by atoms with Gasteiger partial charge in [-0.15, -0.1) is 0 Å². The first-order valence-corrected chi connectivity index (χ1v) is 6.85. The number of hydrogen-bond acceptors (Lipinski definition) is 8. The maximum Gasteiger partial charge on any atom is 0.324 e. The lowest BCUT2D eigenvalue weighted by Crippen LogP contribution is -2.38. The Morgan fingerprint density at radius 3 is 2.62 bits per heavy atom. The number of rotatable bonds is 4. The highest BCUT2D eigenvalue weighted by Gasteiger charge is 2.19. The lowest BCUT2D eigenvalue weighted by atomic mass is 10.1. The van der Waals surface area contributed by atoms with Crippen molar-refractivity contribution >= 4 is 11.9 Å². The molecule has 8 heteroatoms. The van der Waals surface area contributed by atoms with Gasteiger partial charge in [0.2, 0.25) is 11.9 Å². The summed E-state index contributed by atoms with van der Waals surface area (Å²) in [7, 11) is 0. The van der Waals surface area contributed by atoms with Crippen molar-refractivity contribution in [3.8, 4) is 12.1 Å². The molecule has 0 radical (unpaired) electrons. The van der Waals surface area contributed by atoms with Crippen LogP contribution in [0.1, 0.15) is 20.8 Å². The van der Waals surface area contributed by atoms with Crippen molar-refractivity contribution in [1.29, 1.82) is 5.26 Å². The Hall–Kier alpha value is -2.14. The Bertz CT molecular complexity index is 516.